The number of thioether (sulfide) groups is 1. The van der Waals surface area contributed by atoms with Gasteiger partial charge in [0.05, 0.1) is 0 Å². The predicted octanol–water partition coefficient (Wildman–Crippen LogP) is 4.16. The molecule has 0 spiro atoms. The molecule has 0 aliphatic heterocycles. The maximum absolute atomic E-state index is 9.98. The third-order valence-electron chi connectivity index (χ3n) is 2.67. The maximum Gasteiger partial charge on any atom is 0.121 e. The van der Waals surface area contributed by atoms with Crippen molar-refractivity contribution in [3.63, 3.8) is 0 Å². The molecule has 0 unspecified atom stereocenters. The van der Waals surface area contributed by atoms with Crippen LogP contribution in [-0.2, 0) is 18.6 Å². The van der Waals surface area contributed by atoms with Crippen molar-refractivity contribution in [1.29, 1.82) is 0 Å². The molecule has 0 amide bonds. The number of rotatable bonds is 5. The number of phenolic OH excluding ortho intramolecular Hbond substituents is 1. The van der Waals surface area contributed by atoms with Gasteiger partial charge in [0.1, 0.15) is 5.75 Å². The van der Waals surface area contributed by atoms with Crippen LogP contribution in [0.3, 0.4) is 0 Å². The first-order valence-corrected chi connectivity index (χ1v) is 7.08. The van der Waals surface area contributed by atoms with E-state index in [4.69, 9.17) is 0 Å². The Bertz CT molecular complexity index is 320. The zero-order valence-electron chi connectivity index (χ0n) is 10.7. The number of aryl methyl sites for hydroxylation is 2. The van der Waals surface area contributed by atoms with Crippen molar-refractivity contribution >= 4 is 11.8 Å². The molecule has 0 atom stereocenters. The van der Waals surface area contributed by atoms with E-state index in [2.05, 4.69) is 39.8 Å². The fourth-order valence-electron chi connectivity index (χ4n) is 1.72. The second-order valence-electron chi connectivity index (χ2n) is 4.33. The van der Waals surface area contributed by atoms with Gasteiger partial charge in [0, 0.05) is 5.75 Å². The minimum absolute atomic E-state index is 0.503. The number of benzene rings is 1. The van der Waals surface area contributed by atoms with Crippen molar-refractivity contribution in [2.24, 2.45) is 0 Å². The molecule has 16 heavy (non-hydrogen) atoms. The molecule has 1 rings (SSSR count). The lowest BCUT2D eigenvalue weighted by molar-refractivity contribution is 0.462. The van der Waals surface area contributed by atoms with Crippen molar-refractivity contribution in [3.8, 4) is 5.75 Å². The van der Waals surface area contributed by atoms with Gasteiger partial charge in [0.15, 0.2) is 0 Å². The normalized spacial score (nSPS) is 11.1. The van der Waals surface area contributed by atoms with E-state index in [1.165, 1.54) is 5.56 Å². The number of hydrogen-bond acceptors (Lipinski definition) is 2. The minimum Gasteiger partial charge on any atom is -0.507 e. The number of hydrogen-bond donors (Lipinski definition) is 1. The fourth-order valence-corrected chi connectivity index (χ4v) is 2.41. The average molecular weight is 238 g/mol. The summed E-state index contributed by atoms with van der Waals surface area (Å²) in [4.78, 5) is 0. The van der Waals surface area contributed by atoms with Gasteiger partial charge in [0.2, 0.25) is 0 Å². The Morgan fingerprint density at radius 3 is 2.00 bits per heavy atom. The monoisotopic (exact) mass is 238 g/mol. The van der Waals surface area contributed by atoms with E-state index < -0.39 is 0 Å². The summed E-state index contributed by atoms with van der Waals surface area (Å²) >= 11 is 1.95. The molecule has 1 aromatic carbocycles. The second kappa shape index (κ2) is 6.19. The van der Waals surface area contributed by atoms with Crippen molar-refractivity contribution in [3.05, 3.63) is 28.8 Å². The lowest BCUT2D eigenvalue weighted by Gasteiger charge is -2.12. The molecule has 0 aliphatic rings. The number of aromatic hydroxyl groups is 1. The molecule has 0 heterocycles. The zero-order chi connectivity index (χ0) is 12.1. The highest BCUT2D eigenvalue weighted by Gasteiger charge is 2.08. The minimum atomic E-state index is 0.503. The molecular formula is C14H22OS. The van der Waals surface area contributed by atoms with Crippen LogP contribution in [0.2, 0.25) is 0 Å². The first-order chi connectivity index (χ1) is 7.58. The number of phenols is 1. The molecule has 0 aliphatic carbocycles. The molecule has 0 saturated carbocycles. The quantitative estimate of drug-likeness (QED) is 0.831. The predicted molar refractivity (Wildman–Crippen MR) is 73.3 cm³/mol. The van der Waals surface area contributed by atoms with Crippen LogP contribution in [0.15, 0.2) is 12.1 Å². The third kappa shape index (κ3) is 3.44. The standard InChI is InChI=1S/C14H22OS/c1-5-12-7-11(9-16-10(3)4)8-13(6-2)14(12)15/h7-8,10,15H,5-6,9H2,1-4H3. The molecule has 0 saturated heterocycles. The Hall–Kier alpha value is -0.630. The molecular weight excluding hydrogens is 216 g/mol. The van der Waals surface area contributed by atoms with Crippen molar-refractivity contribution in [2.75, 3.05) is 0 Å². The van der Waals surface area contributed by atoms with Gasteiger partial charge in [0.25, 0.3) is 0 Å². The average Bonchev–Trinajstić information content (AvgIpc) is 2.27. The van der Waals surface area contributed by atoms with Gasteiger partial charge in [-0.25, -0.2) is 0 Å². The molecule has 1 N–H and O–H groups in total. The molecule has 0 radical (unpaired) electrons. The van der Waals surface area contributed by atoms with E-state index in [1.807, 2.05) is 11.8 Å². The first-order valence-electron chi connectivity index (χ1n) is 6.03. The van der Waals surface area contributed by atoms with E-state index in [1.54, 1.807) is 0 Å². The Labute approximate surface area is 103 Å². The zero-order valence-corrected chi connectivity index (χ0v) is 11.5. The van der Waals surface area contributed by atoms with Crippen LogP contribution < -0.4 is 0 Å². The SMILES string of the molecule is CCc1cc(CSC(C)C)cc(CC)c1O. The van der Waals surface area contributed by atoms with Gasteiger partial charge in [-0.1, -0.05) is 39.8 Å². The van der Waals surface area contributed by atoms with Gasteiger partial charge in [-0.05, 0) is 34.8 Å². The summed E-state index contributed by atoms with van der Waals surface area (Å²) in [5.41, 5.74) is 3.50. The molecule has 1 nitrogen and oxygen atoms in total. The van der Waals surface area contributed by atoms with Crippen LogP contribution in [0.25, 0.3) is 0 Å². The highest BCUT2D eigenvalue weighted by molar-refractivity contribution is 7.99. The molecule has 0 bridgehead atoms. The van der Waals surface area contributed by atoms with Crippen molar-refractivity contribution in [2.45, 2.75) is 51.5 Å². The van der Waals surface area contributed by atoms with E-state index >= 15 is 0 Å². The van der Waals surface area contributed by atoms with E-state index in [-0.39, 0.29) is 0 Å². The van der Waals surface area contributed by atoms with Gasteiger partial charge in [-0.15, -0.1) is 0 Å². The molecule has 0 aromatic heterocycles. The van der Waals surface area contributed by atoms with Gasteiger partial charge in [-0.3, -0.25) is 0 Å². The summed E-state index contributed by atoms with van der Waals surface area (Å²) in [5, 5.41) is 10.6. The summed E-state index contributed by atoms with van der Waals surface area (Å²) in [5.74, 6) is 1.54. The second-order valence-corrected chi connectivity index (χ2v) is 5.89. The van der Waals surface area contributed by atoms with Crippen LogP contribution in [0.5, 0.6) is 5.75 Å². The molecule has 2 heteroatoms. The van der Waals surface area contributed by atoms with Crippen molar-refractivity contribution in [1.82, 2.24) is 0 Å². The van der Waals surface area contributed by atoms with Crippen LogP contribution in [-0.4, -0.2) is 10.4 Å². The summed E-state index contributed by atoms with van der Waals surface area (Å²) in [6, 6.07) is 4.29. The fraction of sp³-hybridized carbons (Fsp3) is 0.571. The Morgan fingerprint density at radius 2 is 1.62 bits per heavy atom. The highest BCUT2D eigenvalue weighted by atomic mass is 32.2. The lowest BCUT2D eigenvalue weighted by Crippen LogP contribution is -1.95. The largest absolute Gasteiger partial charge is 0.507 e. The topological polar surface area (TPSA) is 20.2 Å². The van der Waals surface area contributed by atoms with Crippen LogP contribution in [0.4, 0.5) is 0 Å². The summed E-state index contributed by atoms with van der Waals surface area (Å²) in [6.07, 6.45) is 1.80. The Balaban J connectivity index is 2.93. The highest BCUT2D eigenvalue weighted by Crippen LogP contribution is 2.28. The molecule has 0 fully saturated rings. The van der Waals surface area contributed by atoms with E-state index in [0.717, 1.165) is 29.7 Å². The van der Waals surface area contributed by atoms with Crippen LogP contribution in [0.1, 0.15) is 44.4 Å². The first kappa shape index (κ1) is 13.4. The van der Waals surface area contributed by atoms with Gasteiger partial charge >= 0.3 is 0 Å². The molecule has 90 valence electrons. The van der Waals surface area contributed by atoms with Crippen LogP contribution in [0, 0.1) is 0 Å². The van der Waals surface area contributed by atoms with E-state index in [9.17, 15) is 5.11 Å². The maximum atomic E-state index is 9.98. The summed E-state index contributed by atoms with van der Waals surface area (Å²) in [6.45, 7) is 8.61. The molecule has 1 aromatic rings. The Morgan fingerprint density at radius 1 is 1.12 bits per heavy atom. The van der Waals surface area contributed by atoms with Crippen LogP contribution >= 0.6 is 11.8 Å². The van der Waals surface area contributed by atoms with Crippen molar-refractivity contribution < 1.29 is 5.11 Å². The lowest BCUT2D eigenvalue weighted by atomic mass is 10.0. The van der Waals surface area contributed by atoms with Gasteiger partial charge in [-0.2, -0.15) is 11.8 Å². The summed E-state index contributed by atoms with van der Waals surface area (Å²) in [7, 11) is 0. The summed E-state index contributed by atoms with van der Waals surface area (Å²) < 4.78 is 0. The Kier molecular flexibility index (Phi) is 5.20. The third-order valence-corrected chi connectivity index (χ3v) is 3.84. The smallest absolute Gasteiger partial charge is 0.121 e. The van der Waals surface area contributed by atoms with E-state index in [0.29, 0.717) is 11.0 Å². The van der Waals surface area contributed by atoms with Gasteiger partial charge < -0.3 is 5.11 Å².